The van der Waals surface area contributed by atoms with E-state index >= 15 is 0 Å². The highest BCUT2D eigenvalue weighted by atomic mass is 79.9. The first-order chi connectivity index (χ1) is 10.1. The Kier molecular flexibility index (Phi) is 3.11. The van der Waals surface area contributed by atoms with Crippen LogP contribution in [0.5, 0.6) is 0 Å². The van der Waals surface area contributed by atoms with Crippen molar-refractivity contribution >= 4 is 15.9 Å². The zero-order valence-corrected chi connectivity index (χ0v) is 12.9. The lowest BCUT2D eigenvalue weighted by Gasteiger charge is -2.24. The van der Waals surface area contributed by atoms with Gasteiger partial charge in [0.15, 0.2) is 0 Å². The molecule has 0 amide bonds. The van der Waals surface area contributed by atoms with Gasteiger partial charge in [0.1, 0.15) is 5.82 Å². The molecular formula is C15H15BrFN3O. The lowest BCUT2D eigenvalue weighted by Crippen LogP contribution is -2.34. The van der Waals surface area contributed by atoms with Gasteiger partial charge in [0.2, 0.25) is 11.7 Å². The highest BCUT2D eigenvalue weighted by Gasteiger charge is 2.48. The maximum atomic E-state index is 13.5. The lowest BCUT2D eigenvalue weighted by molar-refractivity contribution is 0.279. The van der Waals surface area contributed by atoms with E-state index in [0.717, 1.165) is 6.42 Å². The molecule has 1 aromatic carbocycles. The third kappa shape index (κ3) is 2.21. The third-order valence-corrected chi connectivity index (χ3v) is 5.29. The van der Waals surface area contributed by atoms with Crippen molar-refractivity contribution < 1.29 is 8.91 Å². The summed E-state index contributed by atoms with van der Waals surface area (Å²) in [6.07, 6.45) is 3.56. The Morgan fingerprint density at radius 2 is 2.05 bits per heavy atom. The molecule has 0 saturated heterocycles. The number of nitrogens with zero attached hydrogens (tertiary/aromatic N) is 2. The van der Waals surface area contributed by atoms with Crippen molar-refractivity contribution in [2.24, 2.45) is 17.6 Å². The van der Waals surface area contributed by atoms with Gasteiger partial charge in [-0.25, -0.2) is 4.39 Å². The van der Waals surface area contributed by atoms with Crippen molar-refractivity contribution in [1.29, 1.82) is 0 Å². The van der Waals surface area contributed by atoms with E-state index in [1.807, 2.05) is 0 Å². The van der Waals surface area contributed by atoms with Gasteiger partial charge in [-0.15, -0.1) is 0 Å². The van der Waals surface area contributed by atoms with Crippen LogP contribution in [0.25, 0.3) is 11.4 Å². The summed E-state index contributed by atoms with van der Waals surface area (Å²) in [5.74, 6) is 1.98. The first-order valence-electron chi connectivity index (χ1n) is 7.17. The Morgan fingerprint density at radius 3 is 2.76 bits per heavy atom. The van der Waals surface area contributed by atoms with Gasteiger partial charge < -0.3 is 10.3 Å². The summed E-state index contributed by atoms with van der Waals surface area (Å²) in [4.78, 5) is 4.47. The van der Waals surface area contributed by atoms with Crippen molar-refractivity contribution in [1.82, 2.24) is 10.1 Å². The minimum absolute atomic E-state index is 0.108. The molecule has 2 aromatic rings. The van der Waals surface area contributed by atoms with Gasteiger partial charge in [0.25, 0.3) is 0 Å². The number of hydrogen-bond donors (Lipinski definition) is 1. The van der Waals surface area contributed by atoms with Gasteiger partial charge in [-0.2, -0.15) is 4.98 Å². The second kappa shape index (κ2) is 4.88. The van der Waals surface area contributed by atoms with Crippen molar-refractivity contribution in [2.45, 2.75) is 31.2 Å². The van der Waals surface area contributed by atoms with E-state index in [0.29, 0.717) is 33.6 Å². The maximum Gasteiger partial charge on any atom is 0.231 e. The van der Waals surface area contributed by atoms with E-state index in [1.165, 1.54) is 25.0 Å². The Bertz CT molecular complexity index is 667. The molecule has 2 N–H and O–H groups in total. The SMILES string of the molecule is NC1C2CCC(C2)C1c1nc(-c2cc(F)cc(Br)c2)no1. The number of aromatic nitrogens is 2. The number of rotatable bonds is 2. The van der Waals surface area contributed by atoms with Crippen LogP contribution in [0.2, 0.25) is 0 Å². The molecule has 4 atom stereocenters. The fourth-order valence-electron chi connectivity index (χ4n) is 3.87. The van der Waals surface area contributed by atoms with E-state index in [-0.39, 0.29) is 17.8 Å². The molecule has 4 nitrogen and oxygen atoms in total. The molecule has 4 rings (SSSR count). The van der Waals surface area contributed by atoms with E-state index in [4.69, 9.17) is 10.3 Å². The van der Waals surface area contributed by atoms with Gasteiger partial charge in [-0.05, 0) is 49.3 Å². The predicted octanol–water partition coefficient (Wildman–Crippen LogP) is 3.48. The molecule has 4 unspecified atom stereocenters. The van der Waals surface area contributed by atoms with Crippen LogP contribution in [0.1, 0.15) is 31.1 Å². The number of halogens is 2. The molecule has 21 heavy (non-hydrogen) atoms. The van der Waals surface area contributed by atoms with Crippen LogP contribution >= 0.6 is 15.9 Å². The molecule has 2 bridgehead atoms. The molecule has 1 aromatic heterocycles. The van der Waals surface area contributed by atoms with E-state index in [9.17, 15) is 4.39 Å². The first kappa shape index (κ1) is 13.4. The zero-order chi connectivity index (χ0) is 14.6. The summed E-state index contributed by atoms with van der Waals surface area (Å²) >= 11 is 3.27. The molecule has 0 radical (unpaired) electrons. The summed E-state index contributed by atoms with van der Waals surface area (Å²) in [5.41, 5.74) is 6.90. The number of benzene rings is 1. The smallest absolute Gasteiger partial charge is 0.231 e. The van der Waals surface area contributed by atoms with Gasteiger partial charge in [-0.3, -0.25) is 0 Å². The minimum Gasteiger partial charge on any atom is -0.339 e. The van der Waals surface area contributed by atoms with Crippen LogP contribution in [0.3, 0.4) is 0 Å². The molecule has 110 valence electrons. The van der Waals surface area contributed by atoms with Gasteiger partial charge in [0.05, 0.1) is 5.92 Å². The van der Waals surface area contributed by atoms with Crippen LogP contribution in [0, 0.1) is 17.7 Å². The van der Waals surface area contributed by atoms with Crippen molar-refractivity contribution in [2.75, 3.05) is 0 Å². The number of hydrogen-bond acceptors (Lipinski definition) is 4. The zero-order valence-electron chi connectivity index (χ0n) is 11.3. The summed E-state index contributed by atoms with van der Waals surface area (Å²) in [6.45, 7) is 0. The summed E-state index contributed by atoms with van der Waals surface area (Å²) < 4.78 is 19.5. The molecular weight excluding hydrogens is 337 g/mol. The fourth-order valence-corrected chi connectivity index (χ4v) is 4.34. The van der Waals surface area contributed by atoms with Crippen molar-refractivity contribution in [3.8, 4) is 11.4 Å². The molecule has 0 spiro atoms. The minimum atomic E-state index is -0.331. The quantitative estimate of drug-likeness (QED) is 0.899. The monoisotopic (exact) mass is 351 g/mol. The molecule has 2 aliphatic carbocycles. The van der Waals surface area contributed by atoms with Crippen LogP contribution in [-0.2, 0) is 0 Å². The van der Waals surface area contributed by atoms with Crippen LogP contribution in [-0.4, -0.2) is 16.2 Å². The lowest BCUT2D eigenvalue weighted by atomic mass is 9.85. The topological polar surface area (TPSA) is 64.9 Å². The van der Waals surface area contributed by atoms with Crippen molar-refractivity contribution in [3.63, 3.8) is 0 Å². The fraction of sp³-hybridized carbons (Fsp3) is 0.467. The summed E-state index contributed by atoms with van der Waals surface area (Å²) in [7, 11) is 0. The highest BCUT2D eigenvalue weighted by molar-refractivity contribution is 9.10. The van der Waals surface area contributed by atoms with Crippen LogP contribution < -0.4 is 5.73 Å². The van der Waals surface area contributed by atoms with Gasteiger partial charge >= 0.3 is 0 Å². The molecule has 0 aliphatic heterocycles. The molecule has 2 aliphatic rings. The average molecular weight is 352 g/mol. The standard InChI is InChI=1S/C15H15BrFN3O/c16-10-4-9(5-11(17)6-10)14-19-15(21-20-14)12-7-1-2-8(3-7)13(12)18/h4-8,12-13H,1-3,18H2. The predicted molar refractivity (Wildman–Crippen MR) is 78.9 cm³/mol. The molecule has 2 fully saturated rings. The van der Waals surface area contributed by atoms with E-state index in [2.05, 4.69) is 26.1 Å². The summed E-state index contributed by atoms with van der Waals surface area (Å²) in [6, 6.07) is 4.69. The Morgan fingerprint density at radius 1 is 1.24 bits per heavy atom. The molecule has 6 heteroatoms. The Balaban J connectivity index is 1.67. The van der Waals surface area contributed by atoms with Gasteiger partial charge in [-0.1, -0.05) is 21.1 Å². The molecule has 1 heterocycles. The maximum absolute atomic E-state index is 13.5. The second-order valence-corrected chi connectivity index (χ2v) is 6.97. The normalized spacial score (nSPS) is 31.0. The highest BCUT2D eigenvalue weighted by Crippen LogP contribution is 2.51. The van der Waals surface area contributed by atoms with E-state index < -0.39 is 0 Å². The first-order valence-corrected chi connectivity index (χ1v) is 7.97. The summed E-state index contributed by atoms with van der Waals surface area (Å²) in [5, 5.41) is 4.00. The van der Waals surface area contributed by atoms with Crippen LogP contribution in [0.15, 0.2) is 27.2 Å². The van der Waals surface area contributed by atoms with E-state index in [1.54, 1.807) is 6.07 Å². The molecule has 2 saturated carbocycles. The third-order valence-electron chi connectivity index (χ3n) is 4.83. The largest absolute Gasteiger partial charge is 0.339 e. The number of nitrogens with two attached hydrogens (primary N) is 1. The second-order valence-electron chi connectivity index (χ2n) is 6.05. The van der Waals surface area contributed by atoms with Crippen molar-refractivity contribution in [3.05, 3.63) is 34.4 Å². The van der Waals surface area contributed by atoms with Gasteiger partial charge in [0, 0.05) is 16.1 Å². The number of fused-ring (bicyclic) bond motifs is 2. The Hall–Kier alpha value is -1.27. The average Bonchev–Trinajstić information content (AvgIpc) is 3.11. The van der Waals surface area contributed by atoms with Crippen LogP contribution in [0.4, 0.5) is 4.39 Å². The Labute approximate surface area is 130 Å².